The molecule has 2 amide bonds. The minimum absolute atomic E-state index is 0.119. The predicted molar refractivity (Wildman–Crippen MR) is 93.6 cm³/mol. The predicted octanol–water partition coefficient (Wildman–Crippen LogP) is 3.19. The van der Waals surface area contributed by atoms with Crippen molar-refractivity contribution in [3.05, 3.63) is 52.3 Å². The van der Waals surface area contributed by atoms with Crippen LogP contribution in [0.25, 0.3) is 0 Å². The Kier molecular flexibility index (Phi) is 4.52. The maximum Gasteiger partial charge on any atom is 0.433 e. The molecule has 0 saturated heterocycles. The number of amides is 2. The van der Waals surface area contributed by atoms with Gasteiger partial charge in [-0.1, -0.05) is 18.2 Å². The molecule has 1 aliphatic carbocycles. The highest BCUT2D eigenvalue weighted by Crippen LogP contribution is 2.35. The number of fused-ring (bicyclic) bond motifs is 2. The van der Waals surface area contributed by atoms with Crippen LogP contribution in [0.1, 0.15) is 58.2 Å². The highest BCUT2D eigenvalue weighted by molar-refractivity contribution is 6.00. The number of aromatic nitrogens is 2. The van der Waals surface area contributed by atoms with E-state index in [2.05, 4.69) is 20.6 Å². The first-order chi connectivity index (χ1) is 13.3. The van der Waals surface area contributed by atoms with Crippen LogP contribution >= 0.6 is 0 Å². The van der Waals surface area contributed by atoms with E-state index in [9.17, 15) is 22.8 Å². The number of hydrogen-bond donors (Lipinski definition) is 2. The van der Waals surface area contributed by atoms with Crippen LogP contribution in [0, 0.1) is 0 Å². The molecule has 1 atom stereocenters. The van der Waals surface area contributed by atoms with Gasteiger partial charge in [0.05, 0.1) is 12.5 Å². The smallest absolute Gasteiger partial charge is 0.345 e. The van der Waals surface area contributed by atoms with Crippen LogP contribution < -0.4 is 10.6 Å². The number of benzene rings is 1. The molecule has 2 aliphatic rings. The average molecular weight is 390 g/mol. The van der Waals surface area contributed by atoms with Crippen LogP contribution in [0.4, 0.5) is 19.1 Å². The first-order valence-corrected chi connectivity index (χ1v) is 8.99. The molecule has 6 nitrogen and oxygen atoms in total. The Labute approximate surface area is 158 Å². The Balaban J connectivity index is 1.55. The summed E-state index contributed by atoms with van der Waals surface area (Å²) in [5, 5.41) is 5.07. The quantitative estimate of drug-likeness (QED) is 0.843. The van der Waals surface area contributed by atoms with Crippen molar-refractivity contribution in [2.24, 2.45) is 0 Å². The highest BCUT2D eigenvalue weighted by atomic mass is 19.4. The fourth-order valence-electron chi connectivity index (χ4n) is 3.73. The maximum absolute atomic E-state index is 13.4. The molecule has 2 N–H and O–H groups in total. The topological polar surface area (TPSA) is 84.0 Å². The molecule has 1 aromatic carbocycles. The van der Waals surface area contributed by atoms with Gasteiger partial charge in [0, 0.05) is 16.8 Å². The number of nitrogens with one attached hydrogen (secondary N) is 2. The summed E-state index contributed by atoms with van der Waals surface area (Å²) in [5.41, 5.74) is 0.652. The number of anilines is 1. The number of carbonyl (C=O) groups excluding carboxylic acids is 2. The second kappa shape index (κ2) is 6.88. The number of nitrogens with zero attached hydrogens (tertiary/aromatic N) is 2. The Bertz CT molecular complexity index is 959. The minimum Gasteiger partial charge on any atom is -0.345 e. The van der Waals surface area contributed by atoms with Crippen molar-refractivity contribution in [3.8, 4) is 0 Å². The first kappa shape index (κ1) is 18.4. The lowest BCUT2D eigenvalue weighted by atomic mass is 9.94. The van der Waals surface area contributed by atoms with E-state index in [1.54, 1.807) is 24.3 Å². The molecule has 1 aliphatic heterocycles. The number of rotatable bonds is 3. The van der Waals surface area contributed by atoms with Crippen molar-refractivity contribution in [1.82, 2.24) is 15.3 Å². The zero-order valence-corrected chi connectivity index (χ0v) is 14.8. The minimum atomic E-state index is -4.61. The second-order valence-electron chi connectivity index (χ2n) is 6.89. The van der Waals surface area contributed by atoms with Gasteiger partial charge < -0.3 is 5.32 Å². The number of aryl methyl sites for hydroxylation is 1. The van der Waals surface area contributed by atoms with Crippen molar-refractivity contribution in [3.63, 3.8) is 0 Å². The molecule has 9 heteroatoms. The Morgan fingerprint density at radius 2 is 1.93 bits per heavy atom. The third-order valence-electron chi connectivity index (χ3n) is 4.98. The summed E-state index contributed by atoms with van der Waals surface area (Å²) in [6, 6.07) is 6.34. The van der Waals surface area contributed by atoms with Crippen LogP contribution in [-0.2, 0) is 23.8 Å². The van der Waals surface area contributed by atoms with Gasteiger partial charge in [-0.15, -0.1) is 0 Å². The summed E-state index contributed by atoms with van der Waals surface area (Å²) in [7, 11) is 0. The third-order valence-corrected chi connectivity index (χ3v) is 4.98. The molecule has 146 valence electrons. The Morgan fingerprint density at radius 1 is 1.18 bits per heavy atom. The lowest BCUT2D eigenvalue weighted by molar-refractivity contribution is -0.142. The van der Waals surface area contributed by atoms with Crippen molar-refractivity contribution in [2.45, 2.75) is 44.3 Å². The summed E-state index contributed by atoms with van der Waals surface area (Å²) in [6.45, 7) is 0. The van der Waals surface area contributed by atoms with Crippen LogP contribution in [0.5, 0.6) is 0 Å². The normalized spacial score (nSPS) is 18.2. The molecule has 2 heterocycles. The molecule has 2 aromatic rings. The molecule has 0 radical (unpaired) electrons. The summed E-state index contributed by atoms with van der Waals surface area (Å²) in [4.78, 5) is 32.0. The molecule has 4 rings (SSSR count). The van der Waals surface area contributed by atoms with Gasteiger partial charge in [-0.25, -0.2) is 9.97 Å². The largest absolute Gasteiger partial charge is 0.433 e. The van der Waals surface area contributed by atoms with Gasteiger partial charge in [0.15, 0.2) is 5.69 Å². The molecule has 1 unspecified atom stereocenters. The zero-order valence-electron chi connectivity index (χ0n) is 14.8. The molecule has 0 bridgehead atoms. The lowest BCUT2D eigenvalue weighted by Crippen LogP contribution is -2.26. The van der Waals surface area contributed by atoms with E-state index >= 15 is 0 Å². The van der Waals surface area contributed by atoms with E-state index in [0.717, 1.165) is 6.42 Å². The fourth-order valence-corrected chi connectivity index (χ4v) is 3.73. The van der Waals surface area contributed by atoms with Gasteiger partial charge in [-0.3, -0.25) is 14.9 Å². The van der Waals surface area contributed by atoms with Gasteiger partial charge in [-0.05, 0) is 37.3 Å². The molecular weight excluding hydrogens is 373 g/mol. The summed E-state index contributed by atoms with van der Waals surface area (Å²) in [6.07, 6.45) is -2.61. The van der Waals surface area contributed by atoms with Crippen LogP contribution in [0.2, 0.25) is 0 Å². The average Bonchev–Trinajstić information content (AvgIpc) is 2.96. The molecular formula is C19H17F3N4O2. The number of carbonyl (C=O) groups is 2. The van der Waals surface area contributed by atoms with Crippen molar-refractivity contribution >= 4 is 17.8 Å². The highest BCUT2D eigenvalue weighted by Gasteiger charge is 2.38. The van der Waals surface area contributed by atoms with Gasteiger partial charge in [0.25, 0.3) is 5.91 Å². The molecule has 28 heavy (non-hydrogen) atoms. The SMILES string of the molecule is O=C(CC1NC(=O)c2ccccc21)Nc1nc2c(c(C(F)(F)F)n1)CCCC2. The Morgan fingerprint density at radius 3 is 2.71 bits per heavy atom. The van der Waals surface area contributed by atoms with E-state index in [0.29, 0.717) is 29.7 Å². The van der Waals surface area contributed by atoms with Gasteiger partial charge >= 0.3 is 6.18 Å². The lowest BCUT2D eigenvalue weighted by Gasteiger charge is -2.20. The van der Waals surface area contributed by atoms with Crippen LogP contribution in [-0.4, -0.2) is 21.8 Å². The van der Waals surface area contributed by atoms with E-state index in [-0.39, 0.29) is 30.3 Å². The number of halogens is 3. The molecule has 0 saturated carbocycles. The van der Waals surface area contributed by atoms with Crippen LogP contribution in [0.3, 0.4) is 0 Å². The van der Waals surface area contributed by atoms with Gasteiger partial charge in [-0.2, -0.15) is 13.2 Å². The molecule has 0 fully saturated rings. The second-order valence-corrected chi connectivity index (χ2v) is 6.89. The van der Waals surface area contributed by atoms with Crippen molar-refractivity contribution < 1.29 is 22.8 Å². The zero-order chi connectivity index (χ0) is 19.9. The summed E-state index contributed by atoms with van der Waals surface area (Å²) in [5.74, 6) is -1.20. The van der Waals surface area contributed by atoms with Gasteiger partial charge in [0.1, 0.15) is 0 Å². The maximum atomic E-state index is 13.4. The standard InChI is InChI=1S/C19H17F3N4O2/c20-19(21,22)16-12-7-3-4-8-13(12)24-18(26-16)25-15(27)9-14-10-5-1-2-6-11(10)17(28)23-14/h1-2,5-6,14H,3-4,7-9H2,(H,23,28)(H,24,25,26,27). The van der Waals surface area contributed by atoms with Crippen LogP contribution in [0.15, 0.2) is 24.3 Å². The van der Waals surface area contributed by atoms with E-state index in [1.807, 2.05) is 0 Å². The van der Waals surface area contributed by atoms with E-state index in [1.165, 1.54) is 0 Å². The van der Waals surface area contributed by atoms with Crippen molar-refractivity contribution in [2.75, 3.05) is 5.32 Å². The summed E-state index contributed by atoms with van der Waals surface area (Å²) >= 11 is 0. The Hall–Kier alpha value is -2.97. The monoisotopic (exact) mass is 390 g/mol. The van der Waals surface area contributed by atoms with Crippen molar-refractivity contribution in [1.29, 1.82) is 0 Å². The number of alkyl halides is 3. The van der Waals surface area contributed by atoms with Gasteiger partial charge in [0.2, 0.25) is 11.9 Å². The first-order valence-electron chi connectivity index (χ1n) is 8.99. The fraction of sp³-hybridized carbons (Fsp3) is 0.368. The molecule has 1 aromatic heterocycles. The number of hydrogen-bond acceptors (Lipinski definition) is 4. The summed E-state index contributed by atoms with van der Waals surface area (Å²) < 4.78 is 40.1. The third kappa shape index (κ3) is 3.44. The van der Waals surface area contributed by atoms with E-state index < -0.39 is 23.8 Å². The molecule has 0 spiro atoms. The van der Waals surface area contributed by atoms with E-state index in [4.69, 9.17) is 0 Å².